The molecule has 1 aliphatic heterocycles. The molecule has 1 unspecified atom stereocenters. The number of hydrogen-bond acceptors (Lipinski definition) is 6. The Labute approximate surface area is 161 Å². The van der Waals surface area contributed by atoms with Gasteiger partial charge in [-0.1, -0.05) is 0 Å². The number of thiophene rings is 1. The Bertz CT molecular complexity index is 1110. The predicted octanol–water partition coefficient (Wildman–Crippen LogP) is 3.40. The predicted molar refractivity (Wildman–Crippen MR) is 96.2 cm³/mol. The number of rotatable bonds is 3. The Morgan fingerprint density at radius 1 is 1.29 bits per heavy atom. The molecule has 0 saturated heterocycles. The fourth-order valence-corrected chi connectivity index (χ4v) is 4.11. The number of alkyl halides is 3. The number of nitrogens with zero attached hydrogens (tertiary/aromatic N) is 5. The molecule has 4 rings (SSSR count). The average molecular weight is 408 g/mol. The number of ketones is 1. The summed E-state index contributed by atoms with van der Waals surface area (Å²) in [5.74, 6) is -0.785. The smallest absolute Gasteiger partial charge is 0.320 e. The Kier molecular flexibility index (Phi) is 4.14. The largest absolute Gasteiger partial charge is 0.431 e. The van der Waals surface area contributed by atoms with E-state index < -0.39 is 29.3 Å². The van der Waals surface area contributed by atoms with Gasteiger partial charge in [-0.25, -0.2) is 4.68 Å². The first-order valence-corrected chi connectivity index (χ1v) is 9.07. The third-order valence-electron chi connectivity index (χ3n) is 4.44. The number of nitrogens with one attached hydrogen (secondary N) is 1. The Morgan fingerprint density at radius 2 is 2.04 bits per heavy atom. The van der Waals surface area contributed by atoms with E-state index in [1.807, 2.05) is 0 Å². The fraction of sp³-hybridized carbons (Fsp3) is 0.294. The number of aromatic nitrogens is 5. The molecule has 146 valence electrons. The van der Waals surface area contributed by atoms with Gasteiger partial charge in [0.2, 0.25) is 11.7 Å². The number of halogens is 3. The number of hydrogen-bond donors (Lipinski definition) is 1. The van der Waals surface area contributed by atoms with E-state index in [-0.39, 0.29) is 10.8 Å². The highest BCUT2D eigenvalue weighted by molar-refractivity contribution is 7.14. The second-order valence-electron chi connectivity index (χ2n) is 6.43. The number of carbonyl (C=O) groups is 1. The van der Waals surface area contributed by atoms with Crippen molar-refractivity contribution in [3.8, 4) is 0 Å². The van der Waals surface area contributed by atoms with Gasteiger partial charge in [-0.15, -0.1) is 11.3 Å². The van der Waals surface area contributed by atoms with Crippen LogP contribution in [0.5, 0.6) is 0 Å². The van der Waals surface area contributed by atoms with Crippen LogP contribution in [-0.4, -0.2) is 36.5 Å². The van der Waals surface area contributed by atoms with Gasteiger partial charge in [-0.05, 0) is 26.0 Å². The van der Waals surface area contributed by atoms with Crippen molar-refractivity contribution in [1.82, 2.24) is 24.5 Å². The molecule has 3 aromatic heterocycles. The molecular formula is C17H15F3N6OS. The summed E-state index contributed by atoms with van der Waals surface area (Å²) >= 11 is 1.15. The minimum atomic E-state index is -4.77. The topological polar surface area (TPSA) is 77.6 Å². The van der Waals surface area contributed by atoms with Gasteiger partial charge in [-0.2, -0.15) is 28.4 Å². The first kappa shape index (κ1) is 18.4. The third-order valence-corrected chi connectivity index (χ3v) is 5.43. The van der Waals surface area contributed by atoms with Crippen molar-refractivity contribution in [2.45, 2.75) is 26.1 Å². The number of allylic oxidation sites excluding steroid dienone is 2. The summed E-state index contributed by atoms with van der Waals surface area (Å²) in [6.45, 7) is 3.47. The van der Waals surface area contributed by atoms with E-state index in [0.29, 0.717) is 11.3 Å². The standard InChI is InChI=1S/C17H15F3N6OS/c1-8-4-5-11(28-8)14(27)12-13(10-6-25(3)24-9(10)2)26-16(21-7-22-26)23-15(12)17(18,19)20/h4-7,13H,1-3H3,(H,21,22,23). The molecule has 0 bridgehead atoms. The molecular weight excluding hydrogens is 393 g/mol. The molecule has 1 atom stereocenters. The van der Waals surface area contributed by atoms with Crippen LogP contribution in [0.3, 0.4) is 0 Å². The summed E-state index contributed by atoms with van der Waals surface area (Å²) in [5.41, 5.74) is -0.597. The fourth-order valence-electron chi connectivity index (χ4n) is 3.29. The summed E-state index contributed by atoms with van der Waals surface area (Å²) in [7, 11) is 1.67. The van der Waals surface area contributed by atoms with E-state index in [0.717, 1.165) is 22.5 Å². The quantitative estimate of drug-likeness (QED) is 0.672. The van der Waals surface area contributed by atoms with Crippen LogP contribution in [0.25, 0.3) is 0 Å². The van der Waals surface area contributed by atoms with Crippen LogP contribution in [0.4, 0.5) is 19.1 Å². The van der Waals surface area contributed by atoms with Gasteiger partial charge in [-0.3, -0.25) is 9.48 Å². The van der Waals surface area contributed by atoms with E-state index in [1.165, 1.54) is 15.4 Å². The van der Waals surface area contributed by atoms with E-state index in [4.69, 9.17) is 0 Å². The van der Waals surface area contributed by atoms with Crippen molar-refractivity contribution in [2.24, 2.45) is 7.05 Å². The minimum absolute atomic E-state index is 0.0838. The van der Waals surface area contributed by atoms with Gasteiger partial charge >= 0.3 is 6.18 Å². The zero-order valence-electron chi connectivity index (χ0n) is 15.1. The Balaban J connectivity index is 2.00. The molecule has 11 heteroatoms. The second-order valence-corrected chi connectivity index (χ2v) is 7.71. The maximum absolute atomic E-state index is 13.9. The normalized spacial score (nSPS) is 16.9. The van der Waals surface area contributed by atoms with E-state index >= 15 is 0 Å². The van der Waals surface area contributed by atoms with Crippen molar-refractivity contribution in [1.29, 1.82) is 0 Å². The monoisotopic (exact) mass is 408 g/mol. The van der Waals surface area contributed by atoms with E-state index in [1.54, 1.807) is 33.2 Å². The Morgan fingerprint density at radius 3 is 2.61 bits per heavy atom. The summed E-state index contributed by atoms with van der Waals surface area (Å²) in [4.78, 5) is 18.2. The maximum Gasteiger partial charge on any atom is 0.431 e. The first-order valence-electron chi connectivity index (χ1n) is 8.26. The minimum Gasteiger partial charge on any atom is -0.320 e. The first-order chi connectivity index (χ1) is 13.2. The number of aryl methyl sites for hydroxylation is 3. The molecule has 0 aliphatic carbocycles. The zero-order valence-corrected chi connectivity index (χ0v) is 15.9. The van der Waals surface area contributed by atoms with Crippen LogP contribution in [-0.2, 0) is 7.05 Å². The van der Waals surface area contributed by atoms with Crippen molar-refractivity contribution in [3.63, 3.8) is 0 Å². The van der Waals surface area contributed by atoms with Crippen molar-refractivity contribution < 1.29 is 18.0 Å². The zero-order chi connectivity index (χ0) is 20.2. The molecule has 0 radical (unpaired) electrons. The lowest BCUT2D eigenvalue weighted by atomic mass is 9.92. The van der Waals surface area contributed by atoms with Crippen LogP contribution < -0.4 is 5.32 Å². The number of Topliss-reactive ketones (excluding diaryl/α,β-unsaturated/α-hetero) is 1. The van der Waals surface area contributed by atoms with Gasteiger partial charge in [0.05, 0.1) is 16.1 Å². The molecule has 0 saturated carbocycles. The van der Waals surface area contributed by atoms with Gasteiger partial charge in [0.25, 0.3) is 0 Å². The molecule has 7 nitrogen and oxygen atoms in total. The maximum atomic E-state index is 13.9. The molecule has 4 heterocycles. The number of fused-ring (bicyclic) bond motifs is 1. The summed E-state index contributed by atoms with van der Waals surface area (Å²) in [6, 6.07) is 2.14. The van der Waals surface area contributed by atoms with Crippen LogP contribution in [0, 0.1) is 13.8 Å². The number of carbonyl (C=O) groups excluding carboxylic acids is 1. The molecule has 0 spiro atoms. The summed E-state index contributed by atoms with van der Waals surface area (Å²) in [6.07, 6.45) is -2.03. The molecule has 3 aromatic rings. The van der Waals surface area contributed by atoms with Gasteiger partial charge in [0.15, 0.2) is 0 Å². The molecule has 28 heavy (non-hydrogen) atoms. The number of anilines is 1. The van der Waals surface area contributed by atoms with Crippen LogP contribution in [0.1, 0.15) is 31.8 Å². The molecule has 0 fully saturated rings. The SMILES string of the molecule is Cc1ccc(C(=O)C2=C(C(F)(F)F)Nc3ncnn3C2c2cn(C)nc2C)s1. The average Bonchev–Trinajstić information content (AvgIpc) is 3.31. The highest BCUT2D eigenvalue weighted by Crippen LogP contribution is 2.43. The van der Waals surface area contributed by atoms with Crippen LogP contribution >= 0.6 is 11.3 Å². The van der Waals surface area contributed by atoms with Crippen molar-refractivity contribution in [2.75, 3.05) is 5.32 Å². The summed E-state index contributed by atoms with van der Waals surface area (Å²) in [5, 5.41) is 10.5. The molecule has 1 N–H and O–H groups in total. The highest BCUT2D eigenvalue weighted by Gasteiger charge is 2.46. The lowest BCUT2D eigenvalue weighted by molar-refractivity contribution is -0.0918. The lowest BCUT2D eigenvalue weighted by Gasteiger charge is -2.30. The van der Waals surface area contributed by atoms with Gasteiger partial charge in [0.1, 0.15) is 18.1 Å². The molecule has 0 amide bonds. The lowest BCUT2D eigenvalue weighted by Crippen LogP contribution is -2.35. The van der Waals surface area contributed by atoms with Crippen LogP contribution in [0.2, 0.25) is 0 Å². The highest BCUT2D eigenvalue weighted by atomic mass is 32.1. The van der Waals surface area contributed by atoms with E-state index in [9.17, 15) is 18.0 Å². The third kappa shape index (κ3) is 2.91. The van der Waals surface area contributed by atoms with Crippen LogP contribution in [0.15, 0.2) is 35.9 Å². The van der Waals surface area contributed by atoms with Crippen molar-refractivity contribution in [3.05, 3.63) is 56.9 Å². The van der Waals surface area contributed by atoms with Gasteiger partial charge in [0, 0.05) is 23.7 Å². The summed E-state index contributed by atoms with van der Waals surface area (Å²) < 4.78 is 44.5. The molecule has 0 aromatic carbocycles. The Hall–Kier alpha value is -2.95. The second kappa shape index (κ2) is 6.30. The van der Waals surface area contributed by atoms with E-state index in [2.05, 4.69) is 20.5 Å². The molecule has 1 aliphatic rings. The van der Waals surface area contributed by atoms with Gasteiger partial charge < -0.3 is 5.32 Å². The van der Waals surface area contributed by atoms with Crippen molar-refractivity contribution >= 4 is 23.1 Å².